The number of amides is 1. The SMILES string of the molecule is Cc1nn(C)c(C)c1S(=O)(=O)N1CCCN(C(=O)CCS(=O)(=O)c2ccccc2)CC1. The minimum Gasteiger partial charge on any atom is -0.341 e. The molecule has 2 aromatic rings. The van der Waals surface area contributed by atoms with Crippen LogP contribution in [0.5, 0.6) is 0 Å². The smallest absolute Gasteiger partial charge is 0.246 e. The molecule has 1 aromatic heterocycles. The Morgan fingerprint density at radius 1 is 1.00 bits per heavy atom. The summed E-state index contributed by atoms with van der Waals surface area (Å²) in [6.07, 6.45) is 0.347. The number of carbonyl (C=O) groups is 1. The molecule has 170 valence electrons. The summed E-state index contributed by atoms with van der Waals surface area (Å²) in [5.74, 6) is -0.560. The fourth-order valence-corrected chi connectivity index (χ4v) is 6.89. The molecule has 0 spiro atoms. The number of hydrogen-bond acceptors (Lipinski definition) is 6. The van der Waals surface area contributed by atoms with E-state index >= 15 is 0 Å². The van der Waals surface area contributed by atoms with Crippen molar-refractivity contribution in [1.82, 2.24) is 19.0 Å². The highest BCUT2D eigenvalue weighted by molar-refractivity contribution is 7.91. The van der Waals surface area contributed by atoms with Crippen molar-refractivity contribution in [2.24, 2.45) is 7.05 Å². The van der Waals surface area contributed by atoms with Gasteiger partial charge >= 0.3 is 0 Å². The molecular formula is C20H28N4O5S2. The molecule has 1 aliphatic rings. The molecule has 31 heavy (non-hydrogen) atoms. The molecule has 2 heterocycles. The van der Waals surface area contributed by atoms with E-state index in [1.165, 1.54) is 16.4 Å². The lowest BCUT2D eigenvalue weighted by molar-refractivity contribution is -0.130. The van der Waals surface area contributed by atoms with Crippen molar-refractivity contribution < 1.29 is 21.6 Å². The number of sulfonamides is 1. The van der Waals surface area contributed by atoms with Crippen LogP contribution in [0, 0.1) is 13.8 Å². The summed E-state index contributed by atoms with van der Waals surface area (Å²) in [5, 5.41) is 4.20. The number of sulfone groups is 1. The molecule has 0 N–H and O–H groups in total. The third-order valence-corrected chi connectivity index (χ3v) is 9.42. The molecule has 0 unspecified atom stereocenters. The first-order valence-corrected chi connectivity index (χ1v) is 13.2. The van der Waals surface area contributed by atoms with E-state index in [-0.39, 0.29) is 41.0 Å². The number of nitrogens with zero attached hydrogens (tertiary/aromatic N) is 4. The normalized spacial score (nSPS) is 16.3. The van der Waals surface area contributed by atoms with Crippen LogP contribution < -0.4 is 0 Å². The summed E-state index contributed by atoms with van der Waals surface area (Å²) in [6.45, 7) is 4.45. The van der Waals surface area contributed by atoms with Crippen molar-refractivity contribution in [3.05, 3.63) is 41.7 Å². The number of aromatic nitrogens is 2. The Labute approximate surface area is 183 Å². The third-order valence-electron chi connectivity index (χ3n) is 5.54. The van der Waals surface area contributed by atoms with Crippen molar-refractivity contribution in [3.8, 4) is 0 Å². The summed E-state index contributed by atoms with van der Waals surface area (Å²) < 4.78 is 54.1. The van der Waals surface area contributed by atoms with Crippen LogP contribution in [0.15, 0.2) is 40.1 Å². The Kier molecular flexibility index (Phi) is 6.87. The highest BCUT2D eigenvalue weighted by atomic mass is 32.2. The Morgan fingerprint density at radius 3 is 2.29 bits per heavy atom. The standard InChI is InChI=1S/C20H28N4O5S2/c1-16-20(17(2)22(3)21-16)31(28,29)24-12-7-11-23(13-14-24)19(25)10-15-30(26,27)18-8-5-4-6-9-18/h4-6,8-9H,7,10-15H2,1-3H3. The molecular weight excluding hydrogens is 440 g/mol. The number of aryl methyl sites for hydroxylation is 2. The van der Waals surface area contributed by atoms with Crippen LogP contribution in [0.1, 0.15) is 24.2 Å². The quantitative estimate of drug-likeness (QED) is 0.629. The van der Waals surface area contributed by atoms with Gasteiger partial charge in [-0.25, -0.2) is 16.8 Å². The minimum atomic E-state index is -3.73. The number of rotatable bonds is 6. The van der Waals surface area contributed by atoms with E-state index in [4.69, 9.17) is 0 Å². The van der Waals surface area contributed by atoms with Crippen LogP contribution in [0.2, 0.25) is 0 Å². The van der Waals surface area contributed by atoms with E-state index in [2.05, 4.69) is 5.10 Å². The van der Waals surface area contributed by atoms with Crippen LogP contribution in [0.25, 0.3) is 0 Å². The zero-order valence-corrected chi connectivity index (χ0v) is 19.6. The van der Waals surface area contributed by atoms with E-state index in [1.807, 2.05) is 0 Å². The molecule has 1 saturated heterocycles. The number of benzene rings is 1. The van der Waals surface area contributed by atoms with Crippen molar-refractivity contribution >= 4 is 25.8 Å². The predicted octanol–water partition coefficient (Wildman–Crippen LogP) is 1.12. The van der Waals surface area contributed by atoms with Gasteiger partial charge in [0.05, 0.1) is 22.0 Å². The number of hydrogen-bond donors (Lipinski definition) is 0. The molecule has 11 heteroatoms. The van der Waals surface area contributed by atoms with E-state index in [0.717, 1.165) is 0 Å². The molecule has 0 aliphatic carbocycles. The largest absolute Gasteiger partial charge is 0.341 e. The molecule has 1 fully saturated rings. The predicted molar refractivity (Wildman–Crippen MR) is 116 cm³/mol. The Balaban J connectivity index is 1.65. The lowest BCUT2D eigenvalue weighted by Gasteiger charge is -2.22. The minimum absolute atomic E-state index is 0.134. The fraction of sp³-hybridized carbons (Fsp3) is 0.500. The second-order valence-electron chi connectivity index (χ2n) is 7.64. The van der Waals surface area contributed by atoms with Gasteiger partial charge in [0.15, 0.2) is 9.84 Å². The van der Waals surface area contributed by atoms with Gasteiger partial charge in [-0.2, -0.15) is 9.40 Å². The first-order chi connectivity index (χ1) is 14.5. The summed E-state index contributed by atoms with van der Waals surface area (Å²) in [6, 6.07) is 8.04. The van der Waals surface area contributed by atoms with Gasteiger partial charge in [-0.05, 0) is 32.4 Å². The zero-order valence-electron chi connectivity index (χ0n) is 18.0. The van der Waals surface area contributed by atoms with Gasteiger partial charge in [-0.15, -0.1) is 0 Å². The lowest BCUT2D eigenvalue weighted by Crippen LogP contribution is -2.38. The van der Waals surface area contributed by atoms with E-state index < -0.39 is 19.9 Å². The topological polar surface area (TPSA) is 110 Å². The first-order valence-electron chi connectivity index (χ1n) is 10.1. The lowest BCUT2D eigenvalue weighted by atomic mass is 10.3. The maximum absolute atomic E-state index is 13.2. The Morgan fingerprint density at radius 2 is 1.68 bits per heavy atom. The highest BCUT2D eigenvalue weighted by Crippen LogP contribution is 2.24. The van der Waals surface area contributed by atoms with Crippen LogP contribution >= 0.6 is 0 Å². The van der Waals surface area contributed by atoms with Crippen molar-refractivity contribution in [3.63, 3.8) is 0 Å². The van der Waals surface area contributed by atoms with Gasteiger partial charge in [0.25, 0.3) is 0 Å². The molecule has 9 nitrogen and oxygen atoms in total. The third kappa shape index (κ3) is 4.99. The summed E-state index contributed by atoms with van der Waals surface area (Å²) in [4.78, 5) is 14.6. The Hall–Kier alpha value is -2.24. The summed E-state index contributed by atoms with van der Waals surface area (Å²) in [7, 11) is -5.57. The van der Waals surface area contributed by atoms with E-state index in [1.54, 1.807) is 48.7 Å². The van der Waals surface area contributed by atoms with Crippen molar-refractivity contribution in [1.29, 1.82) is 0 Å². The second-order valence-corrected chi connectivity index (χ2v) is 11.6. The maximum atomic E-state index is 13.2. The van der Waals surface area contributed by atoms with Crippen LogP contribution in [-0.2, 0) is 31.7 Å². The van der Waals surface area contributed by atoms with Crippen LogP contribution in [0.4, 0.5) is 0 Å². The fourth-order valence-electron chi connectivity index (χ4n) is 3.77. The molecule has 0 bridgehead atoms. The molecule has 1 aromatic carbocycles. The van der Waals surface area contributed by atoms with Gasteiger partial charge in [0.1, 0.15) is 4.90 Å². The molecule has 0 atom stereocenters. The van der Waals surface area contributed by atoms with Crippen molar-refractivity contribution in [2.75, 3.05) is 31.9 Å². The van der Waals surface area contributed by atoms with E-state index in [9.17, 15) is 21.6 Å². The molecule has 0 radical (unpaired) electrons. The van der Waals surface area contributed by atoms with Gasteiger partial charge in [-0.3, -0.25) is 9.48 Å². The summed E-state index contributed by atoms with van der Waals surface area (Å²) in [5.41, 5.74) is 1.02. The van der Waals surface area contributed by atoms with Crippen LogP contribution in [-0.4, -0.2) is 73.7 Å². The van der Waals surface area contributed by atoms with Gasteiger partial charge in [-0.1, -0.05) is 18.2 Å². The highest BCUT2D eigenvalue weighted by Gasteiger charge is 2.32. The Bertz CT molecular complexity index is 1160. The van der Waals surface area contributed by atoms with Gasteiger partial charge in [0.2, 0.25) is 15.9 Å². The second kappa shape index (κ2) is 9.09. The average Bonchev–Trinajstić information content (AvgIpc) is 2.91. The molecule has 1 amide bonds. The van der Waals surface area contributed by atoms with Gasteiger partial charge < -0.3 is 4.90 Å². The molecule has 1 aliphatic heterocycles. The first kappa shape index (κ1) is 23.4. The zero-order chi connectivity index (χ0) is 22.8. The van der Waals surface area contributed by atoms with E-state index in [0.29, 0.717) is 30.9 Å². The monoisotopic (exact) mass is 468 g/mol. The average molecular weight is 469 g/mol. The molecule has 3 rings (SSSR count). The number of carbonyl (C=O) groups excluding carboxylic acids is 1. The van der Waals surface area contributed by atoms with Crippen LogP contribution in [0.3, 0.4) is 0 Å². The van der Waals surface area contributed by atoms with Crippen molar-refractivity contribution in [2.45, 2.75) is 36.5 Å². The van der Waals surface area contributed by atoms with Gasteiger partial charge in [0, 0.05) is 39.6 Å². The maximum Gasteiger partial charge on any atom is 0.246 e. The summed E-state index contributed by atoms with van der Waals surface area (Å²) >= 11 is 0. The molecule has 0 saturated carbocycles.